The molecule has 5 aromatic rings. The fourth-order valence-electron chi connectivity index (χ4n) is 5.60. The van der Waals surface area contributed by atoms with Gasteiger partial charge in [-0.05, 0) is 38.0 Å². The molecule has 0 bridgehead atoms. The predicted octanol–water partition coefficient (Wildman–Crippen LogP) is 4.20. The van der Waals surface area contributed by atoms with Crippen LogP contribution in [0.3, 0.4) is 0 Å². The van der Waals surface area contributed by atoms with Crippen molar-refractivity contribution >= 4 is 27.7 Å². The highest BCUT2D eigenvalue weighted by atomic mass is 16.5. The average molecular weight is 526 g/mol. The zero-order valence-corrected chi connectivity index (χ0v) is 23.0. The standard InChI is InChI=1S/C29H31N7O3/c1-16-26-23(35(5)28(16)29(37)34(3)4)12-25(33-27(26)18-8-10-39-15-18)36-22-11-21(32-17(2)19(22)14-31-36)20-13-30-9-7-24(20)38-6/h7,9,11-14,18H,8,10,15H2,1-6H3. The normalized spacial score (nSPS) is 15.4. The van der Waals surface area contributed by atoms with Gasteiger partial charge in [-0.1, -0.05) is 0 Å². The lowest BCUT2D eigenvalue weighted by molar-refractivity contribution is 0.0818. The third kappa shape index (κ3) is 3.94. The zero-order chi connectivity index (χ0) is 27.4. The highest BCUT2D eigenvalue weighted by Crippen LogP contribution is 2.37. The van der Waals surface area contributed by atoms with Crippen LogP contribution in [0.4, 0.5) is 0 Å². The molecule has 1 unspecified atom stereocenters. The number of fused-ring (bicyclic) bond motifs is 2. The van der Waals surface area contributed by atoms with E-state index in [-0.39, 0.29) is 11.8 Å². The molecular weight excluding hydrogens is 494 g/mol. The third-order valence-corrected chi connectivity index (χ3v) is 7.62. The Hall–Kier alpha value is -4.31. The van der Waals surface area contributed by atoms with Gasteiger partial charge in [-0.2, -0.15) is 5.10 Å². The number of ether oxygens (including phenoxy) is 2. The molecule has 0 aromatic carbocycles. The Balaban J connectivity index is 1.61. The second-order valence-electron chi connectivity index (χ2n) is 10.2. The van der Waals surface area contributed by atoms with E-state index in [2.05, 4.69) is 4.98 Å². The smallest absolute Gasteiger partial charge is 0.270 e. The number of nitrogens with zero attached hydrogens (tertiary/aromatic N) is 7. The molecule has 1 fully saturated rings. The molecule has 39 heavy (non-hydrogen) atoms. The molecule has 10 nitrogen and oxygen atoms in total. The van der Waals surface area contributed by atoms with Gasteiger partial charge in [0.15, 0.2) is 5.82 Å². The predicted molar refractivity (Wildman–Crippen MR) is 149 cm³/mol. The highest BCUT2D eigenvalue weighted by Gasteiger charge is 2.29. The maximum atomic E-state index is 13.2. The summed E-state index contributed by atoms with van der Waals surface area (Å²) in [7, 11) is 7.12. The van der Waals surface area contributed by atoms with E-state index >= 15 is 0 Å². The Morgan fingerprint density at radius 3 is 2.69 bits per heavy atom. The second kappa shape index (κ2) is 9.46. The number of pyridine rings is 3. The molecule has 0 saturated carbocycles. The molecule has 1 aliphatic heterocycles. The minimum absolute atomic E-state index is 0.0392. The zero-order valence-electron chi connectivity index (χ0n) is 23.0. The monoisotopic (exact) mass is 525 g/mol. The lowest BCUT2D eigenvalue weighted by Crippen LogP contribution is -2.24. The van der Waals surface area contributed by atoms with Gasteiger partial charge in [-0.3, -0.25) is 14.8 Å². The van der Waals surface area contributed by atoms with Crippen molar-refractivity contribution in [3.63, 3.8) is 0 Å². The number of hydrogen-bond acceptors (Lipinski definition) is 7. The van der Waals surface area contributed by atoms with Crippen LogP contribution < -0.4 is 4.74 Å². The van der Waals surface area contributed by atoms with Crippen LogP contribution in [0, 0.1) is 13.8 Å². The van der Waals surface area contributed by atoms with Crippen LogP contribution in [0.15, 0.2) is 36.8 Å². The fraction of sp³-hybridized carbons (Fsp3) is 0.345. The Morgan fingerprint density at radius 2 is 1.97 bits per heavy atom. The van der Waals surface area contributed by atoms with Crippen molar-refractivity contribution in [3.05, 3.63) is 59.4 Å². The SMILES string of the molecule is COc1ccncc1-c1cc2c(cnn2-c2cc3c(c(C4CCOC4)n2)c(C)c(C(=O)N(C)C)n3C)c(C)n1. The number of carbonyl (C=O) groups excluding carboxylic acids is 1. The molecule has 5 aromatic heterocycles. The van der Waals surface area contributed by atoms with E-state index in [0.29, 0.717) is 30.5 Å². The maximum absolute atomic E-state index is 13.2. The minimum atomic E-state index is -0.0392. The number of methoxy groups -OCH3 is 1. The lowest BCUT2D eigenvalue weighted by Gasteiger charge is -2.14. The van der Waals surface area contributed by atoms with E-state index in [1.54, 1.807) is 38.5 Å². The fourth-order valence-corrected chi connectivity index (χ4v) is 5.60. The first kappa shape index (κ1) is 25.0. The second-order valence-corrected chi connectivity index (χ2v) is 10.2. The summed E-state index contributed by atoms with van der Waals surface area (Å²) < 4.78 is 15.2. The number of hydrogen-bond donors (Lipinski definition) is 0. The van der Waals surface area contributed by atoms with Gasteiger partial charge in [-0.25, -0.2) is 9.67 Å². The summed E-state index contributed by atoms with van der Waals surface area (Å²) >= 11 is 0. The van der Waals surface area contributed by atoms with E-state index in [9.17, 15) is 4.79 Å². The molecule has 1 aliphatic rings. The molecule has 0 N–H and O–H groups in total. The molecule has 1 amide bonds. The van der Waals surface area contributed by atoms with E-state index in [1.807, 2.05) is 54.5 Å². The van der Waals surface area contributed by atoms with E-state index in [1.165, 1.54) is 0 Å². The van der Waals surface area contributed by atoms with Gasteiger partial charge in [0.05, 0.1) is 47.9 Å². The van der Waals surface area contributed by atoms with Crippen LogP contribution in [-0.2, 0) is 11.8 Å². The number of aromatic nitrogens is 6. The first-order chi connectivity index (χ1) is 18.8. The van der Waals surface area contributed by atoms with E-state index in [4.69, 9.17) is 24.5 Å². The van der Waals surface area contributed by atoms with Crippen LogP contribution in [-0.4, -0.2) is 74.5 Å². The Bertz CT molecular complexity index is 1750. The van der Waals surface area contributed by atoms with Crippen molar-refractivity contribution in [1.82, 2.24) is 34.2 Å². The van der Waals surface area contributed by atoms with E-state index < -0.39 is 0 Å². The Kier molecular flexibility index (Phi) is 6.06. The summed E-state index contributed by atoms with van der Waals surface area (Å²) in [6, 6.07) is 5.83. The van der Waals surface area contributed by atoms with Gasteiger partial charge < -0.3 is 18.9 Å². The van der Waals surface area contributed by atoms with E-state index in [0.717, 1.165) is 56.4 Å². The van der Waals surface area contributed by atoms with Crippen LogP contribution in [0.2, 0.25) is 0 Å². The Labute approximate surface area is 226 Å². The van der Waals surface area contributed by atoms with Crippen LogP contribution in [0.5, 0.6) is 5.75 Å². The van der Waals surface area contributed by atoms with Gasteiger partial charge in [-0.15, -0.1) is 0 Å². The molecule has 6 heterocycles. The van der Waals surface area contributed by atoms with Crippen LogP contribution >= 0.6 is 0 Å². The minimum Gasteiger partial charge on any atom is -0.496 e. The summed E-state index contributed by atoms with van der Waals surface area (Å²) in [5, 5.41) is 6.69. The summed E-state index contributed by atoms with van der Waals surface area (Å²) in [6.45, 7) is 5.27. The first-order valence-electron chi connectivity index (χ1n) is 12.9. The van der Waals surface area contributed by atoms with Crippen LogP contribution in [0.25, 0.3) is 38.9 Å². The number of amides is 1. The van der Waals surface area contributed by atoms with Gasteiger partial charge in [0.25, 0.3) is 5.91 Å². The maximum Gasteiger partial charge on any atom is 0.270 e. The first-order valence-corrected chi connectivity index (χ1v) is 12.9. The molecule has 10 heteroatoms. The number of carbonyl (C=O) groups is 1. The molecular formula is C29H31N7O3. The summed E-state index contributed by atoms with van der Waals surface area (Å²) in [4.78, 5) is 29.1. The van der Waals surface area contributed by atoms with Crippen molar-refractivity contribution in [2.45, 2.75) is 26.2 Å². The largest absolute Gasteiger partial charge is 0.496 e. The molecule has 1 atom stereocenters. The summed E-state index contributed by atoms with van der Waals surface area (Å²) in [6.07, 6.45) is 6.16. The topological polar surface area (TPSA) is 100 Å². The molecule has 0 spiro atoms. The van der Waals surface area contributed by atoms with Crippen molar-refractivity contribution in [3.8, 4) is 22.8 Å². The average Bonchev–Trinajstić information content (AvgIpc) is 3.67. The number of rotatable bonds is 5. The van der Waals surface area contributed by atoms with Gasteiger partial charge in [0.1, 0.15) is 11.4 Å². The van der Waals surface area contributed by atoms with Crippen LogP contribution in [0.1, 0.15) is 39.8 Å². The van der Waals surface area contributed by atoms with Gasteiger partial charge >= 0.3 is 0 Å². The molecule has 0 radical (unpaired) electrons. The summed E-state index contributed by atoms with van der Waals surface area (Å²) in [5.74, 6) is 1.47. The van der Waals surface area contributed by atoms with Crippen molar-refractivity contribution in [1.29, 1.82) is 0 Å². The number of aryl methyl sites for hydroxylation is 3. The van der Waals surface area contributed by atoms with Gasteiger partial charge in [0, 0.05) is 68.6 Å². The van der Waals surface area contributed by atoms with Crippen molar-refractivity contribution < 1.29 is 14.3 Å². The molecule has 1 saturated heterocycles. The van der Waals surface area contributed by atoms with Gasteiger partial charge in [0.2, 0.25) is 0 Å². The quantitative estimate of drug-likeness (QED) is 0.339. The molecule has 0 aliphatic carbocycles. The molecule has 200 valence electrons. The third-order valence-electron chi connectivity index (χ3n) is 7.62. The highest BCUT2D eigenvalue weighted by molar-refractivity contribution is 6.02. The lowest BCUT2D eigenvalue weighted by atomic mass is 9.98. The van der Waals surface area contributed by atoms with Crippen molar-refractivity contribution in [2.24, 2.45) is 7.05 Å². The molecule has 6 rings (SSSR count). The summed E-state index contributed by atoms with van der Waals surface area (Å²) in [5.41, 5.74) is 6.73. The Morgan fingerprint density at radius 1 is 1.15 bits per heavy atom. The van der Waals surface area contributed by atoms with Crippen molar-refractivity contribution in [2.75, 3.05) is 34.4 Å².